The molecule has 0 amide bonds. The molecule has 0 fully saturated rings. The van der Waals surface area contributed by atoms with Crippen LogP contribution in [0.1, 0.15) is 348 Å². The van der Waals surface area contributed by atoms with Gasteiger partial charge in [-0.3, -0.25) is 14.4 Å². The van der Waals surface area contributed by atoms with Gasteiger partial charge in [0, 0.05) is 19.3 Å². The molecular formula is C60H116O6. The van der Waals surface area contributed by atoms with E-state index in [0.29, 0.717) is 19.3 Å². The first-order valence-electron chi connectivity index (χ1n) is 30.0. The van der Waals surface area contributed by atoms with Crippen LogP contribution in [0.5, 0.6) is 0 Å². The standard InChI is InChI=1S/C60H116O6/c1-4-7-10-13-16-19-22-25-27-29-30-31-32-34-35-38-41-44-47-50-53-59(62)65-56-57(55-64-58(61)52-49-46-43-40-37-24-21-18-15-12-9-6-3)66-60(63)54-51-48-45-42-39-36-33-28-26-23-20-17-14-11-8-5-2/h57H,4-56H2,1-3H3. The predicted molar refractivity (Wildman–Crippen MR) is 284 cm³/mol. The van der Waals surface area contributed by atoms with Gasteiger partial charge in [-0.15, -0.1) is 0 Å². The second kappa shape index (κ2) is 56.0. The van der Waals surface area contributed by atoms with Gasteiger partial charge < -0.3 is 14.2 Å². The van der Waals surface area contributed by atoms with Crippen LogP contribution < -0.4 is 0 Å². The van der Waals surface area contributed by atoms with Crippen molar-refractivity contribution < 1.29 is 28.6 Å². The highest BCUT2D eigenvalue weighted by Crippen LogP contribution is 2.18. The maximum absolute atomic E-state index is 12.9. The Morgan fingerprint density at radius 3 is 0.606 bits per heavy atom. The van der Waals surface area contributed by atoms with Crippen LogP contribution in [0.4, 0.5) is 0 Å². The number of hydrogen-bond acceptors (Lipinski definition) is 6. The molecule has 0 aliphatic heterocycles. The van der Waals surface area contributed by atoms with Crippen molar-refractivity contribution in [1.82, 2.24) is 0 Å². The number of unbranched alkanes of at least 4 members (excludes halogenated alkanes) is 45. The van der Waals surface area contributed by atoms with Crippen LogP contribution in [0, 0.1) is 0 Å². The molecule has 392 valence electrons. The fourth-order valence-corrected chi connectivity index (χ4v) is 9.33. The largest absolute Gasteiger partial charge is 0.462 e. The van der Waals surface area contributed by atoms with Gasteiger partial charge in [-0.2, -0.15) is 0 Å². The minimum absolute atomic E-state index is 0.0609. The van der Waals surface area contributed by atoms with Gasteiger partial charge in [-0.05, 0) is 19.3 Å². The molecule has 6 nitrogen and oxygen atoms in total. The van der Waals surface area contributed by atoms with E-state index in [9.17, 15) is 14.4 Å². The highest BCUT2D eigenvalue weighted by atomic mass is 16.6. The molecular weight excluding hydrogens is 817 g/mol. The lowest BCUT2D eigenvalue weighted by atomic mass is 10.0. The summed E-state index contributed by atoms with van der Waals surface area (Å²) in [5.41, 5.74) is 0. The molecule has 66 heavy (non-hydrogen) atoms. The monoisotopic (exact) mass is 933 g/mol. The number of rotatable bonds is 56. The average molecular weight is 934 g/mol. The van der Waals surface area contributed by atoms with Crippen LogP contribution in [-0.2, 0) is 28.6 Å². The van der Waals surface area contributed by atoms with Gasteiger partial charge in [0.2, 0.25) is 0 Å². The molecule has 6 heteroatoms. The number of ether oxygens (including phenoxy) is 3. The van der Waals surface area contributed by atoms with E-state index < -0.39 is 6.10 Å². The van der Waals surface area contributed by atoms with Crippen molar-refractivity contribution in [3.63, 3.8) is 0 Å². The third kappa shape index (κ3) is 53.4. The summed E-state index contributed by atoms with van der Waals surface area (Å²) in [4.78, 5) is 38.1. The smallest absolute Gasteiger partial charge is 0.306 e. The van der Waals surface area contributed by atoms with Crippen molar-refractivity contribution >= 4 is 17.9 Å². The van der Waals surface area contributed by atoms with Gasteiger partial charge in [0.25, 0.3) is 0 Å². The Balaban J connectivity index is 4.24. The second-order valence-corrected chi connectivity index (χ2v) is 20.6. The van der Waals surface area contributed by atoms with Gasteiger partial charge in [0.15, 0.2) is 6.10 Å². The highest BCUT2D eigenvalue weighted by molar-refractivity contribution is 5.71. The minimum Gasteiger partial charge on any atom is -0.462 e. The van der Waals surface area contributed by atoms with Crippen molar-refractivity contribution in [2.75, 3.05) is 13.2 Å². The van der Waals surface area contributed by atoms with Crippen LogP contribution in [0.3, 0.4) is 0 Å². The Hall–Kier alpha value is -1.59. The molecule has 1 unspecified atom stereocenters. The maximum atomic E-state index is 12.9. The van der Waals surface area contributed by atoms with Crippen LogP contribution in [0.25, 0.3) is 0 Å². The van der Waals surface area contributed by atoms with Crippen molar-refractivity contribution in [1.29, 1.82) is 0 Å². The van der Waals surface area contributed by atoms with Crippen molar-refractivity contribution in [2.45, 2.75) is 354 Å². The zero-order valence-electron chi connectivity index (χ0n) is 45.0. The fourth-order valence-electron chi connectivity index (χ4n) is 9.33. The zero-order valence-corrected chi connectivity index (χ0v) is 45.0. The first kappa shape index (κ1) is 64.4. The average Bonchev–Trinajstić information content (AvgIpc) is 3.31. The molecule has 0 rings (SSSR count). The molecule has 0 heterocycles. The summed E-state index contributed by atoms with van der Waals surface area (Å²) in [6.07, 6.45) is 62.4. The summed E-state index contributed by atoms with van der Waals surface area (Å²) in [7, 11) is 0. The molecule has 0 aromatic heterocycles. The Kier molecular flexibility index (Phi) is 54.7. The number of carbonyl (C=O) groups is 3. The first-order chi connectivity index (χ1) is 32.5. The summed E-state index contributed by atoms with van der Waals surface area (Å²) in [5, 5.41) is 0. The lowest BCUT2D eigenvalue weighted by Gasteiger charge is -2.18. The van der Waals surface area contributed by atoms with Gasteiger partial charge in [-0.1, -0.05) is 310 Å². The van der Waals surface area contributed by atoms with Gasteiger partial charge in [0.05, 0.1) is 0 Å². The van der Waals surface area contributed by atoms with Crippen LogP contribution in [-0.4, -0.2) is 37.2 Å². The van der Waals surface area contributed by atoms with E-state index in [1.54, 1.807) is 0 Å². The summed E-state index contributed by atoms with van der Waals surface area (Å²) < 4.78 is 16.9. The Bertz CT molecular complexity index is 982. The van der Waals surface area contributed by atoms with E-state index in [2.05, 4.69) is 20.8 Å². The minimum atomic E-state index is -0.761. The lowest BCUT2D eigenvalue weighted by Crippen LogP contribution is -2.30. The number of carbonyl (C=O) groups excluding carboxylic acids is 3. The summed E-state index contributed by atoms with van der Waals surface area (Å²) in [5.74, 6) is -0.830. The van der Waals surface area contributed by atoms with Gasteiger partial charge >= 0.3 is 17.9 Å². The van der Waals surface area contributed by atoms with E-state index >= 15 is 0 Å². The van der Waals surface area contributed by atoms with Gasteiger partial charge in [-0.25, -0.2) is 0 Å². The summed E-state index contributed by atoms with van der Waals surface area (Å²) in [6.45, 7) is 6.71. The van der Waals surface area contributed by atoms with Gasteiger partial charge in [0.1, 0.15) is 13.2 Å². The topological polar surface area (TPSA) is 78.9 Å². The van der Waals surface area contributed by atoms with Crippen molar-refractivity contribution in [3.8, 4) is 0 Å². The number of esters is 3. The maximum Gasteiger partial charge on any atom is 0.306 e. The second-order valence-electron chi connectivity index (χ2n) is 20.6. The Labute approximate surface area is 412 Å². The molecule has 0 N–H and O–H groups in total. The molecule has 0 aromatic carbocycles. The highest BCUT2D eigenvalue weighted by Gasteiger charge is 2.19. The quantitative estimate of drug-likeness (QED) is 0.0343. The summed E-state index contributed by atoms with van der Waals surface area (Å²) >= 11 is 0. The SMILES string of the molecule is CCCCCCCCCCCCCCCCCCCCCCC(=O)OCC(COC(=O)CCCCCCCCCCCCCC)OC(=O)CCCCCCCCCCCCCCCCCC. The van der Waals surface area contributed by atoms with Crippen molar-refractivity contribution in [3.05, 3.63) is 0 Å². The molecule has 0 bridgehead atoms. The molecule has 0 aliphatic carbocycles. The Morgan fingerprint density at radius 2 is 0.409 bits per heavy atom. The van der Waals surface area contributed by atoms with Crippen LogP contribution in [0.15, 0.2) is 0 Å². The molecule has 0 spiro atoms. The molecule has 0 aromatic rings. The number of hydrogen-bond donors (Lipinski definition) is 0. The molecule has 0 saturated heterocycles. The predicted octanol–water partition coefficient (Wildman–Crippen LogP) is 19.9. The van der Waals surface area contributed by atoms with E-state index in [1.165, 1.54) is 250 Å². The van der Waals surface area contributed by atoms with Crippen LogP contribution >= 0.6 is 0 Å². The normalized spacial score (nSPS) is 11.9. The third-order valence-corrected chi connectivity index (χ3v) is 13.9. The third-order valence-electron chi connectivity index (χ3n) is 13.9. The van der Waals surface area contributed by atoms with Crippen LogP contribution in [0.2, 0.25) is 0 Å². The molecule has 1 atom stereocenters. The Morgan fingerprint density at radius 1 is 0.242 bits per heavy atom. The zero-order chi connectivity index (χ0) is 47.9. The van der Waals surface area contributed by atoms with E-state index in [1.807, 2.05) is 0 Å². The van der Waals surface area contributed by atoms with Crippen molar-refractivity contribution in [2.24, 2.45) is 0 Å². The van der Waals surface area contributed by atoms with E-state index in [0.717, 1.165) is 57.8 Å². The van der Waals surface area contributed by atoms with E-state index in [4.69, 9.17) is 14.2 Å². The molecule has 0 aliphatic rings. The molecule has 0 saturated carbocycles. The van der Waals surface area contributed by atoms with E-state index in [-0.39, 0.29) is 31.1 Å². The lowest BCUT2D eigenvalue weighted by molar-refractivity contribution is -0.167. The fraction of sp³-hybridized carbons (Fsp3) is 0.950. The molecule has 0 radical (unpaired) electrons. The summed E-state index contributed by atoms with van der Waals surface area (Å²) in [6, 6.07) is 0. The first-order valence-corrected chi connectivity index (χ1v) is 30.0.